The number of methoxy groups -OCH3 is 1. The van der Waals surface area contributed by atoms with Crippen LogP contribution < -0.4 is 4.74 Å². The Labute approximate surface area is 120 Å². The first-order valence-corrected chi connectivity index (χ1v) is 7.16. The Bertz CT molecular complexity index is 444. The number of carboxylic acids is 1. The van der Waals surface area contributed by atoms with Gasteiger partial charge in [-0.2, -0.15) is 0 Å². The highest BCUT2D eigenvalue weighted by molar-refractivity contribution is 5.69. The predicted molar refractivity (Wildman–Crippen MR) is 77.8 cm³/mol. The van der Waals surface area contributed by atoms with Crippen molar-refractivity contribution in [2.45, 2.75) is 26.3 Å². The van der Waals surface area contributed by atoms with Gasteiger partial charge in [0.1, 0.15) is 5.75 Å². The molecule has 0 aliphatic carbocycles. The molecule has 1 aliphatic rings. The zero-order chi connectivity index (χ0) is 14.5. The second-order valence-corrected chi connectivity index (χ2v) is 5.71. The highest BCUT2D eigenvalue weighted by Gasteiger charge is 2.25. The number of ether oxygens (including phenoxy) is 1. The van der Waals surface area contributed by atoms with Crippen LogP contribution in [0.15, 0.2) is 24.3 Å². The summed E-state index contributed by atoms with van der Waals surface area (Å²) < 4.78 is 5.15. The molecule has 0 saturated carbocycles. The molecule has 1 N–H and O–H groups in total. The van der Waals surface area contributed by atoms with Crippen molar-refractivity contribution >= 4 is 5.97 Å². The van der Waals surface area contributed by atoms with E-state index in [9.17, 15) is 4.79 Å². The van der Waals surface area contributed by atoms with Gasteiger partial charge in [-0.25, -0.2) is 0 Å². The summed E-state index contributed by atoms with van der Waals surface area (Å²) in [6.07, 6.45) is 1.89. The van der Waals surface area contributed by atoms with Gasteiger partial charge in [-0.1, -0.05) is 19.1 Å². The van der Waals surface area contributed by atoms with Crippen LogP contribution in [0.1, 0.15) is 25.3 Å². The van der Waals surface area contributed by atoms with Crippen molar-refractivity contribution in [3.05, 3.63) is 29.8 Å². The molecule has 0 radical (unpaired) electrons. The second-order valence-electron chi connectivity index (χ2n) is 5.71. The van der Waals surface area contributed by atoms with E-state index >= 15 is 0 Å². The first-order valence-electron chi connectivity index (χ1n) is 7.16. The minimum absolute atomic E-state index is 0.235. The van der Waals surface area contributed by atoms with Gasteiger partial charge in [0.15, 0.2) is 0 Å². The monoisotopic (exact) mass is 277 g/mol. The van der Waals surface area contributed by atoms with E-state index < -0.39 is 5.97 Å². The molecule has 110 valence electrons. The molecule has 1 aromatic rings. The average Bonchev–Trinajstić information content (AvgIpc) is 2.86. The summed E-state index contributed by atoms with van der Waals surface area (Å²) in [7, 11) is 1.67. The van der Waals surface area contributed by atoms with Crippen LogP contribution >= 0.6 is 0 Å². The smallest absolute Gasteiger partial charge is 0.306 e. The second kappa shape index (κ2) is 6.75. The minimum Gasteiger partial charge on any atom is -0.497 e. The number of nitrogens with zero attached hydrogens (tertiary/aromatic N) is 1. The Hall–Kier alpha value is -1.55. The van der Waals surface area contributed by atoms with E-state index in [0.717, 1.165) is 38.2 Å². The SMILES string of the molecule is COc1ccc(CN2CCC(CC(C)C(=O)O)C2)cc1. The lowest BCUT2D eigenvalue weighted by molar-refractivity contribution is -0.141. The third kappa shape index (κ3) is 3.97. The van der Waals surface area contributed by atoms with E-state index in [1.807, 2.05) is 12.1 Å². The number of hydrogen-bond acceptors (Lipinski definition) is 3. The highest BCUT2D eigenvalue weighted by Crippen LogP contribution is 2.25. The molecular formula is C16H23NO3. The molecular weight excluding hydrogens is 254 g/mol. The van der Waals surface area contributed by atoms with Crippen molar-refractivity contribution in [1.29, 1.82) is 0 Å². The average molecular weight is 277 g/mol. The molecule has 1 aromatic carbocycles. The first-order chi connectivity index (χ1) is 9.58. The summed E-state index contributed by atoms with van der Waals surface area (Å²) in [6.45, 7) is 4.79. The first kappa shape index (κ1) is 14.9. The molecule has 1 fully saturated rings. The summed E-state index contributed by atoms with van der Waals surface area (Å²) in [5, 5.41) is 8.97. The van der Waals surface area contributed by atoms with Gasteiger partial charge in [0.25, 0.3) is 0 Å². The third-order valence-electron chi connectivity index (χ3n) is 4.04. The summed E-state index contributed by atoms with van der Waals surface area (Å²) >= 11 is 0. The van der Waals surface area contributed by atoms with Gasteiger partial charge >= 0.3 is 5.97 Å². The summed E-state index contributed by atoms with van der Waals surface area (Å²) in [6, 6.07) is 8.14. The van der Waals surface area contributed by atoms with Gasteiger partial charge in [-0.05, 0) is 43.0 Å². The highest BCUT2D eigenvalue weighted by atomic mass is 16.5. The standard InChI is InChI=1S/C16H23NO3/c1-12(16(18)19)9-14-7-8-17(11-14)10-13-3-5-15(20-2)6-4-13/h3-6,12,14H,7-11H2,1-2H3,(H,18,19). The number of carbonyl (C=O) groups is 1. The Morgan fingerprint density at radius 3 is 2.75 bits per heavy atom. The third-order valence-corrected chi connectivity index (χ3v) is 4.04. The zero-order valence-electron chi connectivity index (χ0n) is 12.2. The number of hydrogen-bond donors (Lipinski definition) is 1. The molecule has 0 bridgehead atoms. The van der Waals surface area contributed by atoms with Crippen LogP contribution in [0.25, 0.3) is 0 Å². The Kier molecular flexibility index (Phi) is 5.01. The van der Waals surface area contributed by atoms with E-state index in [0.29, 0.717) is 5.92 Å². The largest absolute Gasteiger partial charge is 0.497 e. The molecule has 2 atom stereocenters. The summed E-state index contributed by atoms with van der Waals surface area (Å²) in [4.78, 5) is 13.3. The molecule has 0 spiro atoms. The molecule has 1 aliphatic heterocycles. The van der Waals surface area contributed by atoms with Crippen LogP contribution in [0.2, 0.25) is 0 Å². The maximum absolute atomic E-state index is 10.9. The van der Waals surface area contributed by atoms with Crippen molar-refractivity contribution < 1.29 is 14.6 Å². The van der Waals surface area contributed by atoms with Gasteiger partial charge in [-0.15, -0.1) is 0 Å². The maximum atomic E-state index is 10.9. The van der Waals surface area contributed by atoms with Crippen LogP contribution in [0.4, 0.5) is 0 Å². The molecule has 20 heavy (non-hydrogen) atoms. The predicted octanol–water partition coefficient (Wildman–Crippen LogP) is 2.63. The van der Waals surface area contributed by atoms with E-state index in [2.05, 4.69) is 17.0 Å². The summed E-state index contributed by atoms with van der Waals surface area (Å²) in [5.41, 5.74) is 1.28. The summed E-state index contributed by atoms with van der Waals surface area (Å²) in [5.74, 6) is 0.474. The van der Waals surface area contributed by atoms with Gasteiger partial charge < -0.3 is 9.84 Å². The van der Waals surface area contributed by atoms with Crippen LogP contribution in [-0.2, 0) is 11.3 Å². The number of rotatable bonds is 6. The Morgan fingerprint density at radius 2 is 2.15 bits per heavy atom. The maximum Gasteiger partial charge on any atom is 0.306 e. The number of aliphatic carboxylic acids is 1. The van der Waals surface area contributed by atoms with Crippen molar-refractivity contribution in [3.63, 3.8) is 0 Å². The number of carboxylic acid groups (broad SMARTS) is 1. The van der Waals surface area contributed by atoms with Gasteiger partial charge in [-0.3, -0.25) is 9.69 Å². The van der Waals surface area contributed by atoms with Crippen molar-refractivity contribution in [2.24, 2.45) is 11.8 Å². The molecule has 1 saturated heterocycles. The fourth-order valence-corrected chi connectivity index (χ4v) is 2.84. The van der Waals surface area contributed by atoms with E-state index in [1.165, 1.54) is 5.56 Å². The Balaban J connectivity index is 1.82. The molecule has 1 heterocycles. The van der Waals surface area contributed by atoms with Crippen molar-refractivity contribution in [2.75, 3.05) is 20.2 Å². The van der Waals surface area contributed by atoms with E-state index in [4.69, 9.17) is 9.84 Å². The minimum atomic E-state index is -0.682. The lowest BCUT2D eigenvalue weighted by Crippen LogP contribution is -2.21. The fourth-order valence-electron chi connectivity index (χ4n) is 2.84. The van der Waals surface area contributed by atoms with Crippen LogP contribution in [0.3, 0.4) is 0 Å². The zero-order valence-corrected chi connectivity index (χ0v) is 12.2. The molecule has 4 heteroatoms. The molecule has 0 amide bonds. The lowest BCUT2D eigenvalue weighted by atomic mass is 9.95. The normalized spacial score (nSPS) is 20.8. The van der Waals surface area contributed by atoms with Gasteiger partial charge in [0.2, 0.25) is 0 Å². The quantitative estimate of drug-likeness (QED) is 0.868. The van der Waals surface area contributed by atoms with E-state index in [1.54, 1.807) is 14.0 Å². The van der Waals surface area contributed by atoms with Crippen molar-refractivity contribution in [1.82, 2.24) is 4.90 Å². The molecule has 2 rings (SSSR count). The molecule has 0 aromatic heterocycles. The van der Waals surface area contributed by atoms with E-state index in [-0.39, 0.29) is 5.92 Å². The van der Waals surface area contributed by atoms with Gasteiger partial charge in [0.05, 0.1) is 13.0 Å². The topological polar surface area (TPSA) is 49.8 Å². The van der Waals surface area contributed by atoms with Crippen LogP contribution in [0, 0.1) is 11.8 Å². The lowest BCUT2D eigenvalue weighted by Gasteiger charge is -2.17. The van der Waals surface area contributed by atoms with Crippen LogP contribution in [0.5, 0.6) is 5.75 Å². The van der Waals surface area contributed by atoms with Gasteiger partial charge in [0, 0.05) is 13.1 Å². The van der Waals surface area contributed by atoms with Crippen LogP contribution in [-0.4, -0.2) is 36.2 Å². The molecule has 4 nitrogen and oxygen atoms in total. The number of benzene rings is 1. The fraction of sp³-hybridized carbons (Fsp3) is 0.562. The number of likely N-dealkylation sites (tertiary alicyclic amines) is 1. The Morgan fingerprint density at radius 1 is 1.45 bits per heavy atom. The molecule has 2 unspecified atom stereocenters. The van der Waals surface area contributed by atoms with Crippen molar-refractivity contribution in [3.8, 4) is 5.75 Å².